The van der Waals surface area contributed by atoms with Crippen molar-refractivity contribution < 1.29 is 23.6 Å². The summed E-state index contributed by atoms with van der Waals surface area (Å²) in [6.45, 7) is 0. The van der Waals surface area contributed by atoms with E-state index in [2.05, 4.69) is 20.3 Å². The minimum atomic E-state index is -0.679. The molecule has 0 aromatic heterocycles. The molecular weight excluding hydrogens is 447 g/mol. The van der Waals surface area contributed by atoms with Crippen LogP contribution in [-0.2, 0) is 14.3 Å². The molecule has 0 atom stereocenters. The summed E-state index contributed by atoms with van der Waals surface area (Å²) < 4.78 is 17.6. The highest BCUT2D eigenvalue weighted by Crippen LogP contribution is 2.32. The zero-order valence-electron chi connectivity index (χ0n) is 15.8. The monoisotopic (exact) mass is 460 g/mol. The SMILES string of the molecule is COC(=O)/C=C1/S/C(=N\N=Cc2cc([N+](=O)[O-])ccc2Sc2ccc(F)cc2)NC1=O. The van der Waals surface area contributed by atoms with Crippen molar-refractivity contribution in [2.75, 3.05) is 7.11 Å². The maximum Gasteiger partial charge on any atom is 0.331 e. The largest absolute Gasteiger partial charge is 0.466 e. The molecule has 1 N–H and O–H groups in total. The topological polar surface area (TPSA) is 123 Å². The van der Waals surface area contributed by atoms with Crippen molar-refractivity contribution in [1.82, 2.24) is 5.32 Å². The maximum absolute atomic E-state index is 13.1. The summed E-state index contributed by atoms with van der Waals surface area (Å²) in [7, 11) is 1.19. The predicted octanol–water partition coefficient (Wildman–Crippen LogP) is 3.49. The number of non-ortho nitro benzene ring substituents is 1. The van der Waals surface area contributed by atoms with Gasteiger partial charge in [-0.1, -0.05) is 11.8 Å². The molecule has 1 aliphatic heterocycles. The molecule has 2 aromatic rings. The molecule has 3 rings (SSSR count). The van der Waals surface area contributed by atoms with Gasteiger partial charge in [-0.05, 0) is 42.1 Å². The Hall–Kier alpha value is -3.51. The fraction of sp³-hybridized carbons (Fsp3) is 0.0526. The molecule has 0 bridgehead atoms. The molecule has 1 heterocycles. The molecule has 0 aliphatic carbocycles. The number of nitro groups is 1. The highest BCUT2D eigenvalue weighted by atomic mass is 32.2. The van der Waals surface area contributed by atoms with Crippen LogP contribution in [0.5, 0.6) is 0 Å². The number of nitrogens with zero attached hydrogens (tertiary/aromatic N) is 3. The number of thioether (sulfide) groups is 1. The smallest absolute Gasteiger partial charge is 0.331 e. The van der Waals surface area contributed by atoms with Gasteiger partial charge in [0.25, 0.3) is 11.6 Å². The van der Waals surface area contributed by atoms with Crippen LogP contribution in [0.3, 0.4) is 0 Å². The fourth-order valence-electron chi connectivity index (χ4n) is 2.26. The van der Waals surface area contributed by atoms with Gasteiger partial charge in [-0.2, -0.15) is 5.10 Å². The Morgan fingerprint density at radius 2 is 2.03 bits per heavy atom. The number of methoxy groups -OCH3 is 1. The average Bonchev–Trinajstić information content (AvgIpc) is 3.09. The summed E-state index contributed by atoms with van der Waals surface area (Å²) in [4.78, 5) is 35.1. The number of nitrogens with one attached hydrogen (secondary N) is 1. The number of amides is 1. The molecule has 1 aliphatic rings. The van der Waals surface area contributed by atoms with Crippen molar-refractivity contribution in [2.24, 2.45) is 10.2 Å². The molecule has 0 unspecified atom stereocenters. The first kappa shape index (κ1) is 22.2. The van der Waals surface area contributed by atoms with Crippen LogP contribution in [0.4, 0.5) is 10.1 Å². The number of hydrogen-bond donors (Lipinski definition) is 1. The number of nitro benzene ring substituents is 1. The van der Waals surface area contributed by atoms with Crippen LogP contribution in [-0.4, -0.2) is 35.3 Å². The number of rotatable bonds is 6. The second-order valence-electron chi connectivity index (χ2n) is 5.77. The van der Waals surface area contributed by atoms with Gasteiger partial charge in [0.15, 0.2) is 5.17 Å². The Morgan fingerprint density at radius 3 is 2.71 bits per heavy atom. The molecule has 1 fully saturated rings. The molecule has 0 spiro atoms. The minimum Gasteiger partial charge on any atom is -0.466 e. The normalized spacial score (nSPS) is 16.1. The number of benzene rings is 2. The third-order valence-electron chi connectivity index (χ3n) is 3.69. The summed E-state index contributed by atoms with van der Waals surface area (Å²) in [5.74, 6) is -1.57. The summed E-state index contributed by atoms with van der Waals surface area (Å²) in [6.07, 6.45) is 2.34. The first-order chi connectivity index (χ1) is 14.9. The van der Waals surface area contributed by atoms with Gasteiger partial charge >= 0.3 is 5.97 Å². The molecule has 0 radical (unpaired) electrons. The van der Waals surface area contributed by atoms with Crippen molar-refractivity contribution in [2.45, 2.75) is 9.79 Å². The zero-order valence-corrected chi connectivity index (χ0v) is 17.4. The van der Waals surface area contributed by atoms with Crippen molar-refractivity contribution >= 4 is 52.5 Å². The van der Waals surface area contributed by atoms with E-state index >= 15 is 0 Å². The number of ether oxygens (including phenoxy) is 1. The highest BCUT2D eigenvalue weighted by Gasteiger charge is 2.25. The lowest BCUT2D eigenvalue weighted by Crippen LogP contribution is -2.19. The number of amidine groups is 1. The van der Waals surface area contributed by atoms with Crippen molar-refractivity contribution in [3.8, 4) is 0 Å². The Morgan fingerprint density at radius 1 is 1.29 bits per heavy atom. The van der Waals surface area contributed by atoms with E-state index in [1.165, 1.54) is 49.4 Å². The lowest BCUT2D eigenvalue weighted by atomic mass is 10.2. The van der Waals surface area contributed by atoms with E-state index in [0.717, 1.165) is 22.7 Å². The standard InChI is InChI=1S/C19H13FN4O5S2/c1-29-17(25)9-16-18(26)22-19(31-16)23-21-10-11-8-13(24(27)28)4-7-15(11)30-14-5-2-12(20)3-6-14/h2-10H,1H3,(H,22,23,26)/b16-9+,21-10?. The quantitative estimate of drug-likeness (QED) is 0.230. The van der Waals surface area contributed by atoms with Crippen LogP contribution in [0.2, 0.25) is 0 Å². The van der Waals surface area contributed by atoms with Crippen molar-refractivity contribution in [1.29, 1.82) is 0 Å². The lowest BCUT2D eigenvalue weighted by Gasteiger charge is -2.05. The summed E-state index contributed by atoms with van der Waals surface area (Å²) in [5.41, 5.74) is 0.275. The number of halogens is 1. The summed E-state index contributed by atoms with van der Waals surface area (Å²) in [6, 6.07) is 10.0. The van der Waals surface area contributed by atoms with E-state index in [0.29, 0.717) is 10.5 Å². The van der Waals surface area contributed by atoms with Gasteiger partial charge in [-0.25, -0.2) is 9.18 Å². The molecule has 1 saturated heterocycles. The Balaban J connectivity index is 1.83. The van der Waals surface area contributed by atoms with Gasteiger partial charge < -0.3 is 4.74 Å². The molecule has 31 heavy (non-hydrogen) atoms. The van der Waals surface area contributed by atoms with Gasteiger partial charge in [-0.15, -0.1) is 5.10 Å². The van der Waals surface area contributed by atoms with Crippen molar-refractivity contribution in [3.05, 3.63) is 74.9 Å². The molecule has 1 amide bonds. The van der Waals surface area contributed by atoms with Crippen molar-refractivity contribution in [3.63, 3.8) is 0 Å². The Labute approximate surface area is 183 Å². The maximum atomic E-state index is 13.1. The fourth-order valence-corrected chi connectivity index (χ4v) is 3.89. The number of carbonyl (C=O) groups excluding carboxylic acids is 2. The molecule has 0 saturated carbocycles. The molecule has 158 valence electrons. The van der Waals surface area contributed by atoms with Gasteiger partial charge in [0.2, 0.25) is 0 Å². The lowest BCUT2D eigenvalue weighted by molar-refractivity contribution is -0.384. The number of hydrogen-bond acceptors (Lipinski definition) is 9. The van der Waals surface area contributed by atoms with Gasteiger partial charge in [0, 0.05) is 33.6 Å². The second-order valence-corrected chi connectivity index (χ2v) is 7.92. The van der Waals surface area contributed by atoms with E-state index in [4.69, 9.17) is 0 Å². The van der Waals surface area contributed by atoms with Crippen LogP contribution in [0.15, 0.2) is 73.4 Å². The second kappa shape index (κ2) is 10.00. The van der Waals surface area contributed by atoms with E-state index < -0.39 is 16.8 Å². The van der Waals surface area contributed by atoms with Crippen LogP contribution >= 0.6 is 23.5 Å². The first-order valence-electron chi connectivity index (χ1n) is 8.47. The van der Waals surface area contributed by atoms with Gasteiger partial charge in [0.05, 0.1) is 23.2 Å². The first-order valence-corrected chi connectivity index (χ1v) is 10.1. The highest BCUT2D eigenvalue weighted by molar-refractivity contribution is 8.18. The Kier molecular flexibility index (Phi) is 7.15. The zero-order chi connectivity index (χ0) is 22.4. The van der Waals surface area contributed by atoms with Crippen LogP contribution in [0.25, 0.3) is 0 Å². The Bertz CT molecular complexity index is 1130. The van der Waals surface area contributed by atoms with Crippen LogP contribution in [0.1, 0.15) is 5.56 Å². The van der Waals surface area contributed by atoms with Crippen LogP contribution < -0.4 is 5.32 Å². The van der Waals surface area contributed by atoms with E-state index in [1.54, 1.807) is 18.2 Å². The number of carbonyl (C=O) groups is 2. The predicted molar refractivity (Wildman–Crippen MR) is 114 cm³/mol. The van der Waals surface area contributed by atoms with Gasteiger partial charge in [-0.3, -0.25) is 20.2 Å². The molecule has 12 heteroatoms. The summed E-state index contributed by atoms with van der Waals surface area (Å²) in [5, 5.41) is 21.5. The third-order valence-corrected chi connectivity index (χ3v) is 5.69. The van der Waals surface area contributed by atoms with Gasteiger partial charge in [0.1, 0.15) is 5.82 Å². The summed E-state index contributed by atoms with van der Waals surface area (Å²) >= 11 is 2.17. The minimum absolute atomic E-state index is 0.101. The molecular formula is C19H13FN4O5S2. The van der Waals surface area contributed by atoms with Crippen LogP contribution in [0, 0.1) is 15.9 Å². The third kappa shape index (κ3) is 5.99. The average molecular weight is 460 g/mol. The molecule has 2 aromatic carbocycles. The molecule has 9 nitrogen and oxygen atoms in total. The number of esters is 1. The van der Waals surface area contributed by atoms with E-state index in [9.17, 15) is 24.1 Å². The van der Waals surface area contributed by atoms with E-state index in [-0.39, 0.29) is 21.6 Å². The van der Waals surface area contributed by atoms with E-state index in [1.807, 2.05) is 0 Å².